The van der Waals surface area contributed by atoms with Crippen molar-refractivity contribution in [2.75, 3.05) is 18.0 Å². The first-order chi connectivity index (χ1) is 12.9. The number of aliphatic imine (C=N–C) groups is 1. The minimum atomic E-state index is -0.289. The second-order valence-electron chi connectivity index (χ2n) is 9.48. The first-order valence-electron chi connectivity index (χ1n) is 10.7. The standard InChI is InChI=1S/C23H33N3O/c1-22(2,3)24-20-19(25-16-10-11-17-25)23(14-8-5-9-15-23)21(27)26(20)18-12-6-4-7-13-18/h4,6-7,12-13,19H,5,8-11,14-17H2,1-3H3. The highest BCUT2D eigenvalue weighted by Gasteiger charge is 2.60. The van der Waals surface area contributed by atoms with E-state index in [0.717, 1.165) is 50.3 Å². The number of carbonyl (C=O) groups is 1. The molecule has 3 fully saturated rings. The molecule has 2 heterocycles. The number of amides is 1. The first-order valence-corrected chi connectivity index (χ1v) is 10.7. The van der Waals surface area contributed by atoms with Gasteiger partial charge in [0.05, 0.1) is 22.7 Å². The number of carbonyl (C=O) groups excluding carboxylic acids is 1. The van der Waals surface area contributed by atoms with Gasteiger partial charge in [0.2, 0.25) is 5.91 Å². The molecule has 1 aliphatic carbocycles. The molecular weight excluding hydrogens is 334 g/mol. The molecule has 146 valence electrons. The van der Waals surface area contributed by atoms with E-state index in [1.165, 1.54) is 19.3 Å². The molecule has 1 aromatic rings. The molecular formula is C23H33N3O. The molecule has 2 aliphatic heterocycles. The van der Waals surface area contributed by atoms with Gasteiger partial charge in [-0.25, -0.2) is 0 Å². The Kier molecular flexibility index (Phi) is 4.87. The van der Waals surface area contributed by atoms with E-state index in [4.69, 9.17) is 4.99 Å². The fourth-order valence-electron chi connectivity index (χ4n) is 5.28. The Morgan fingerprint density at radius 3 is 2.19 bits per heavy atom. The molecule has 4 rings (SSSR count). The number of rotatable bonds is 2. The lowest BCUT2D eigenvalue weighted by atomic mass is 9.69. The molecule has 1 aromatic carbocycles. The quantitative estimate of drug-likeness (QED) is 0.763. The highest BCUT2D eigenvalue weighted by Crippen LogP contribution is 2.50. The lowest BCUT2D eigenvalue weighted by Gasteiger charge is -2.40. The average Bonchev–Trinajstić information content (AvgIpc) is 3.22. The predicted octanol–water partition coefficient (Wildman–Crippen LogP) is 4.65. The van der Waals surface area contributed by atoms with Gasteiger partial charge < -0.3 is 0 Å². The number of hydrogen-bond acceptors (Lipinski definition) is 3. The summed E-state index contributed by atoms with van der Waals surface area (Å²) in [6.07, 6.45) is 8.02. The molecule has 0 radical (unpaired) electrons. The van der Waals surface area contributed by atoms with E-state index in [1.807, 2.05) is 23.1 Å². The van der Waals surface area contributed by atoms with Crippen LogP contribution in [0.5, 0.6) is 0 Å². The summed E-state index contributed by atoms with van der Waals surface area (Å²) in [4.78, 5) is 23.7. The molecule has 1 spiro atoms. The Morgan fingerprint density at radius 1 is 0.963 bits per heavy atom. The molecule has 27 heavy (non-hydrogen) atoms. The van der Waals surface area contributed by atoms with Gasteiger partial charge in [-0.05, 0) is 71.7 Å². The normalized spacial score (nSPS) is 27.8. The second-order valence-corrected chi connectivity index (χ2v) is 9.48. The smallest absolute Gasteiger partial charge is 0.240 e. The maximum atomic E-state index is 14.0. The number of amidine groups is 1. The van der Waals surface area contributed by atoms with Crippen LogP contribution in [-0.2, 0) is 4.79 Å². The maximum Gasteiger partial charge on any atom is 0.240 e. The SMILES string of the molecule is CC(C)(C)N=C1C(N2CCCC2)C2(CCCCC2)C(=O)N1c1ccccc1. The van der Waals surface area contributed by atoms with E-state index in [1.54, 1.807) is 0 Å². The maximum absolute atomic E-state index is 14.0. The van der Waals surface area contributed by atoms with E-state index < -0.39 is 0 Å². The van der Waals surface area contributed by atoms with E-state index >= 15 is 0 Å². The molecule has 4 heteroatoms. The minimum Gasteiger partial charge on any atom is -0.293 e. The molecule has 1 saturated carbocycles. The van der Waals surface area contributed by atoms with Crippen LogP contribution in [0.25, 0.3) is 0 Å². The van der Waals surface area contributed by atoms with Crippen LogP contribution in [0.4, 0.5) is 5.69 Å². The van der Waals surface area contributed by atoms with Crippen molar-refractivity contribution in [3.63, 3.8) is 0 Å². The fourth-order valence-corrected chi connectivity index (χ4v) is 5.28. The zero-order valence-electron chi connectivity index (χ0n) is 17.1. The highest BCUT2D eigenvalue weighted by molar-refractivity contribution is 6.27. The van der Waals surface area contributed by atoms with Crippen LogP contribution in [0.3, 0.4) is 0 Å². The van der Waals surface area contributed by atoms with Crippen LogP contribution in [0.15, 0.2) is 35.3 Å². The highest BCUT2D eigenvalue weighted by atomic mass is 16.2. The Labute approximate surface area is 163 Å². The van der Waals surface area contributed by atoms with Crippen molar-refractivity contribution in [1.29, 1.82) is 0 Å². The summed E-state index contributed by atoms with van der Waals surface area (Å²) < 4.78 is 0. The molecule has 0 bridgehead atoms. The zero-order valence-corrected chi connectivity index (χ0v) is 17.1. The number of para-hydroxylation sites is 1. The number of benzene rings is 1. The Balaban J connectivity index is 1.88. The summed E-state index contributed by atoms with van der Waals surface area (Å²) in [5, 5.41) is 0. The van der Waals surface area contributed by atoms with Gasteiger partial charge in [-0.1, -0.05) is 37.5 Å². The third kappa shape index (κ3) is 3.33. The van der Waals surface area contributed by atoms with Crippen LogP contribution in [0.2, 0.25) is 0 Å². The van der Waals surface area contributed by atoms with Crippen molar-refractivity contribution in [2.45, 2.75) is 77.3 Å². The van der Waals surface area contributed by atoms with Gasteiger partial charge >= 0.3 is 0 Å². The van der Waals surface area contributed by atoms with Crippen LogP contribution in [-0.4, -0.2) is 41.3 Å². The van der Waals surface area contributed by atoms with Crippen molar-refractivity contribution in [3.05, 3.63) is 30.3 Å². The minimum absolute atomic E-state index is 0.132. The van der Waals surface area contributed by atoms with E-state index in [0.29, 0.717) is 0 Å². The summed E-state index contributed by atoms with van der Waals surface area (Å²) in [5.74, 6) is 1.27. The Bertz CT molecular complexity index is 707. The van der Waals surface area contributed by atoms with Crippen LogP contribution in [0.1, 0.15) is 65.7 Å². The van der Waals surface area contributed by atoms with Crippen molar-refractivity contribution in [1.82, 2.24) is 4.90 Å². The molecule has 0 N–H and O–H groups in total. The van der Waals surface area contributed by atoms with E-state index in [2.05, 4.69) is 37.8 Å². The monoisotopic (exact) mass is 367 g/mol. The van der Waals surface area contributed by atoms with Gasteiger partial charge in [0.1, 0.15) is 5.84 Å². The van der Waals surface area contributed by atoms with Crippen molar-refractivity contribution in [2.24, 2.45) is 10.4 Å². The molecule has 3 aliphatic rings. The molecule has 1 unspecified atom stereocenters. The number of hydrogen-bond donors (Lipinski definition) is 0. The summed E-state index contributed by atoms with van der Waals surface area (Å²) in [5.41, 5.74) is 0.473. The Morgan fingerprint density at radius 2 is 1.59 bits per heavy atom. The van der Waals surface area contributed by atoms with Gasteiger partial charge in [0.15, 0.2) is 0 Å². The molecule has 1 atom stereocenters. The topological polar surface area (TPSA) is 35.9 Å². The van der Waals surface area contributed by atoms with Gasteiger partial charge in [-0.2, -0.15) is 0 Å². The van der Waals surface area contributed by atoms with E-state index in [-0.39, 0.29) is 22.9 Å². The van der Waals surface area contributed by atoms with Crippen molar-refractivity contribution >= 4 is 17.4 Å². The lowest BCUT2D eigenvalue weighted by Crippen LogP contribution is -2.50. The molecule has 0 aromatic heterocycles. The first kappa shape index (κ1) is 18.7. The average molecular weight is 368 g/mol. The molecule has 2 saturated heterocycles. The largest absolute Gasteiger partial charge is 0.293 e. The van der Waals surface area contributed by atoms with Gasteiger partial charge in [-0.15, -0.1) is 0 Å². The van der Waals surface area contributed by atoms with Gasteiger partial charge in [0, 0.05) is 0 Å². The third-order valence-electron chi connectivity index (χ3n) is 6.34. The molecule has 4 nitrogen and oxygen atoms in total. The van der Waals surface area contributed by atoms with Crippen LogP contribution in [0, 0.1) is 5.41 Å². The zero-order chi connectivity index (χ0) is 19.1. The second kappa shape index (κ2) is 7.05. The van der Waals surface area contributed by atoms with Gasteiger partial charge in [-0.3, -0.25) is 19.6 Å². The summed E-state index contributed by atoms with van der Waals surface area (Å²) >= 11 is 0. The van der Waals surface area contributed by atoms with Crippen molar-refractivity contribution < 1.29 is 4.79 Å². The van der Waals surface area contributed by atoms with Crippen molar-refractivity contribution in [3.8, 4) is 0 Å². The lowest BCUT2D eigenvalue weighted by molar-refractivity contribution is -0.129. The third-order valence-corrected chi connectivity index (χ3v) is 6.34. The van der Waals surface area contributed by atoms with E-state index in [9.17, 15) is 4.79 Å². The Hall–Kier alpha value is -1.68. The van der Waals surface area contributed by atoms with Gasteiger partial charge in [0.25, 0.3) is 0 Å². The summed E-state index contributed by atoms with van der Waals surface area (Å²) in [6.45, 7) is 8.60. The number of likely N-dealkylation sites (tertiary alicyclic amines) is 1. The fraction of sp³-hybridized carbons (Fsp3) is 0.652. The summed E-state index contributed by atoms with van der Waals surface area (Å²) in [7, 11) is 0. The summed E-state index contributed by atoms with van der Waals surface area (Å²) in [6, 6.07) is 10.3. The van der Waals surface area contributed by atoms with Crippen LogP contribution >= 0.6 is 0 Å². The predicted molar refractivity (Wildman–Crippen MR) is 111 cm³/mol. The number of anilines is 1. The van der Waals surface area contributed by atoms with Crippen LogP contribution < -0.4 is 4.90 Å². The number of nitrogens with zero attached hydrogens (tertiary/aromatic N) is 3. The molecule has 1 amide bonds.